The topological polar surface area (TPSA) is 29.1 Å². The number of hydrogen-bond donors (Lipinski definition) is 1. The van der Waals surface area contributed by atoms with Gasteiger partial charge in [0.25, 0.3) is 5.91 Å². The first-order chi connectivity index (χ1) is 7.52. The van der Waals surface area contributed by atoms with Crippen LogP contribution in [0.1, 0.15) is 44.0 Å². The van der Waals surface area contributed by atoms with Crippen molar-refractivity contribution in [2.75, 3.05) is 0 Å². The van der Waals surface area contributed by atoms with Crippen LogP contribution in [0.25, 0.3) is 0 Å². The molecule has 1 amide bonds. The van der Waals surface area contributed by atoms with E-state index in [9.17, 15) is 4.79 Å². The zero-order chi connectivity index (χ0) is 12.1. The van der Waals surface area contributed by atoms with E-state index in [4.69, 9.17) is 0 Å². The molecule has 2 nitrogen and oxygen atoms in total. The molecule has 4 heteroatoms. The van der Waals surface area contributed by atoms with Crippen LogP contribution in [0.3, 0.4) is 0 Å². The lowest BCUT2D eigenvalue weighted by atomic mass is 10.0. The lowest BCUT2D eigenvalue weighted by Crippen LogP contribution is -2.33. The summed E-state index contributed by atoms with van der Waals surface area (Å²) in [4.78, 5) is 11.8. The third kappa shape index (κ3) is 4.41. The Bertz CT molecular complexity index is 351. The molecule has 0 aliphatic carbocycles. The molecular formula is C12H18INOS. The fourth-order valence-corrected chi connectivity index (χ4v) is 2.89. The summed E-state index contributed by atoms with van der Waals surface area (Å²) in [5.74, 6) is 0.716. The second-order valence-electron chi connectivity index (χ2n) is 4.26. The van der Waals surface area contributed by atoms with Gasteiger partial charge in [0.2, 0.25) is 0 Å². The predicted octanol–water partition coefficient (Wildman–Crippen LogP) is 3.91. The van der Waals surface area contributed by atoms with E-state index in [1.165, 1.54) is 0 Å². The second kappa shape index (κ2) is 6.59. The summed E-state index contributed by atoms with van der Waals surface area (Å²) < 4.78 is 1.15. The van der Waals surface area contributed by atoms with Crippen molar-refractivity contribution in [2.24, 2.45) is 5.92 Å². The van der Waals surface area contributed by atoms with Crippen LogP contribution in [-0.4, -0.2) is 11.9 Å². The number of carbonyl (C=O) groups is 1. The summed E-state index contributed by atoms with van der Waals surface area (Å²) in [5.41, 5.74) is 0.783. The Balaban J connectivity index is 2.45. The molecule has 0 fully saturated rings. The Morgan fingerprint density at radius 3 is 2.75 bits per heavy atom. The Morgan fingerprint density at radius 2 is 2.25 bits per heavy atom. The van der Waals surface area contributed by atoms with Crippen LogP contribution in [0, 0.1) is 8.80 Å². The molecule has 1 rings (SSSR count). The Kier molecular flexibility index (Phi) is 5.75. The summed E-state index contributed by atoms with van der Waals surface area (Å²) >= 11 is 3.84. The minimum absolute atomic E-state index is 0.0509. The van der Waals surface area contributed by atoms with Crippen molar-refractivity contribution < 1.29 is 4.79 Å². The number of amides is 1. The standard InChI is InChI=1S/C12H18INOS/c1-4-8(2)5-9(3)14-12(15)10-6-11(13)16-7-10/h6-9H,4-5H2,1-3H3,(H,14,15). The molecule has 2 unspecified atom stereocenters. The van der Waals surface area contributed by atoms with Crippen LogP contribution in [0.5, 0.6) is 0 Å². The van der Waals surface area contributed by atoms with Crippen LogP contribution >= 0.6 is 33.9 Å². The molecule has 2 atom stereocenters. The van der Waals surface area contributed by atoms with Crippen LogP contribution in [-0.2, 0) is 0 Å². The normalized spacial score (nSPS) is 14.5. The molecule has 0 saturated heterocycles. The van der Waals surface area contributed by atoms with Gasteiger partial charge in [-0.15, -0.1) is 11.3 Å². The largest absolute Gasteiger partial charge is 0.350 e. The lowest BCUT2D eigenvalue weighted by Gasteiger charge is -2.17. The highest BCUT2D eigenvalue weighted by Crippen LogP contribution is 2.17. The van der Waals surface area contributed by atoms with E-state index >= 15 is 0 Å². The molecule has 1 aromatic rings. The predicted molar refractivity (Wildman–Crippen MR) is 78.0 cm³/mol. The van der Waals surface area contributed by atoms with Crippen molar-refractivity contribution in [2.45, 2.75) is 39.7 Å². The average molecular weight is 351 g/mol. The summed E-state index contributed by atoms with van der Waals surface area (Å²) in [6.45, 7) is 6.47. The van der Waals surface area contributed by atoms with E-state index in [-0.39, 0.29) is 11.9 Å². The van der Waals surface area contributed by atoms with E-state index in [2.05, 4.69) is 48.7 Å². The average Bonchev–Trinajstić information content (AvgIpc) is 2.64. The van der Waals surface area contributed by atoms with E-state index in [1.54, 1.807) is 11.3 Å². The third-order valence-corrected chi connectivity index (χ3v) is 4.45. The zero-order valence-corrected chi connectivity index (χ0v) is 12.9. The SMILES string of the molecule is CCC(C)CC(C)NC(=O)c1csc(I)c1. The van der Waals surface area contributed by atoms with E-state index in [1.807, 2.05) is 11.4 Å². The molecule has 16 heavy (non-hydrogen) atoms. The highest BCUT2D eigenvalue weighted by Gasteiger charge is 2.12. The van der Waals surface area contributed by atoms with Gasteiger partial charge < -0.3 is 5.32 Å². The summed E-state index contributed by atoms with van der Waals surface area (Å²) in [5, 5.41) is 4.95. The number of rotatable bonds is 5. The molecule has 1 aromatic heterocycles. The molecule has 1 heterocycles. The molecule has 90 valence electrons. The van der Waals surface area contributed by atoms with Crippen molar-refractivity contribution in [3.8, 4) is 0 Å². The molecule has 1 N–H and O–H groups in total. The van der Waals surface area contributed by atoms with E-state index in [0.29, 0.717) is 5.92 Å². The number of thiophene rings is 1. The second-order valence-corrected chi connectivity index (χ2v) is 7.07. The molecule has 0 aliphatic rings. The van der Waals surface area contributed by atoms with E-state index < -0.39 is 0 Å². The number of carbonyl (C=O) groups excluding carboxylic acids is 1. The van der Waals surface area contributed by atoms with Crippen LogP contribution in [0.2, 0.25) is 0 Å². The minimum Gasteiger partial charge on any atom is -0.350 e. The molecule has 0 aliphatic heterocycles. The minimum atomic E-state index is 0.0509. The van der Waals surface area contributed by atoms with Gasteiger partial charge in [-0.25, -0.2) is 0 Å². The summed E-state index contributed by atoms with van der Waals surface area (Å²) in [6, 6.07) is 2.18. The van der Waals surface area contributed by atoms with Crippen molar-refractivity contribution >= 4 is 39.8 Å². The molecule has 0 radical (unpaired) electrons. The number of nitrogens with one attached hydrogen (secondary N) is 1. The fourth-order valence-electron chi connectivity index (χ4n) is 1.57. The third-order valence-electron chi connectivity index (χ3n) is 2.66. The van der Waals surface area contributed by atoms with E-state index in [0.717, 1.165) is 21.3 Å². The zero-order valence-electron chi connectivity index (χ0n) is 9.92. The van der Waals surface area contributed by atoms with Gasteiger partial charge >= 0.3 is 0 Å². The number of halogens is 1. The van der Waals surface area contributed by atoms with Gasteiger partial charge in [-0.1, -0.05) is 20.3 Å². The molecular weight excluding hydrogens is 333 g/mol. The van der Waals surface area contributed by atoms with Crippen LogP contribution in [0.4, 0.5) is 0 Å². The van der Waals surface area contributed by atoms with Gasteiger partial charge in [-0.3, -0.25) is 4.79 Å². The molecule has 0 aromatic carbocycles. The summed E-state index contributed by atoms with van der Waals surface area (Å²) in [7, 11) is 0. The van der Waals surface area contributed by atoms with Gasteiger partial charge in [0.15, 0.2) is 0 Å². The maximum atomic E-state index is 11.8. The molecule has 0 spiro atoms. The maximum absolute atomic E-state index is 11.8. The van der Waals surface area contributed by atoms with Gasteiger partial charge in [0.1, 0.15) is 0 Å². The Labute approximate surface area is 115 Å². The maximum Gasteiger partial charge on any atom is 0.252 e. The van der Waals surface area contributed by atoms with Crippen LogP contribution < -0.4 is 5.32 Å². The van der Waals surface area contributed by atoms with Crippen molar-refractivity contribution in [1.82, 2.24) is 5.32 Å². The smallest absolute Gasteiger partial charge is 0.252 e. The van der Waals surface area contributed by atoms with Crippen molar-refractivity contribution in [3.63, 3.8) is 0 Å². The first kappa shape index (κ1) is 14.0. The Morgan fingerprint density at radius 1 is 1.56 bits per heavy atom. The first-order valence-electron chi connectivity index (χ1n) is 5.57. The highest BCUT2D eigenvalue weighted by atomic mass is 127. The van der Waals surface area contributed by atoms with Gasteiger partial charge in [0, 0.05) is 11.4 Å². The highest BCUT2D eigenvalue weighted by molar-refractivity contribution is 14.1. The first-order valence-corrected chi connectivity index (χ1v) is 7.53. The van der Waals surface area contributed by atoms with Gasteiger partial charge in [-0.2, -0.15) is 0 Å². The molecule has 0 saturated carbocycles. The Hall–Kier alpha value is -0.100. The van der Waals surface area contributed by atoms with Crippen LogP contribution in [0.15, 0.2) is 11.4 Å². The lowest BCUT2D eigenvalue weighted by molar-refractivity contribution is 0.0936. The van der Waals surface area contributed by atoms with Crippen molar-refractivity contribution in [3.05, 3.63) is 19.9 Å². The number of hydrogen-bond acceptors (Lipinski definition) is 2. The molecule has 0 bridgehead atoms. The fraction of sp³-hybridized carbons (Fsp3) is 0.583. The van der Waals surface area contributed by atoms with Crippen molar-refractivity contribution in [1.29, 1.82) is 0 Å². The van der Waals surface area contributed by atoms with Gasteiger partial charge in [0.05, 0.1) is 8.45 Å². The monoisotopic (exact) mass is 351 g/mol. The summed E-state index contributed by atoms with van der Waals surface area (Å²) in [6.07, 6.45) is 2.21. The van der Waals surface area contributed by atoms with Gasteiger partial charge in [-0.05, 0) is 47.9 Å². The quantitative estimate of drug-likeness (QED) is 0.801.